The molecule has 1 fully saturated rings. The van der Waals surface area contributed by atoms with Crippen molar-refractivity contribution in [3.8, 4) is 0 Å². The summed E-state index contributed by atoms with van der Waals surface area (Å²) in [5.74, 6) is -0.170. The Bertz CT molecular complexity index is 399. The third-order valence-electron chi connectivity index (χ3n) is 2.83. The number of rotatable bonds is 4. The van der Waals surface area contributed by atoms with Crippen LogP contribution in [0.15, 0.2) is 12.3 Å². The number of halogens is 2. The summed E-state index contributed by atoms with van der Waals surface area (Å²) in [6.45, 7) is 6.21. The van der Waals surface area contributed by atoms with Gasteiger partial charge in [0.05, 0.1) is 18.2 Å². The van der Waals surface area contributed by atoms with E-state index in [0.29, 0.717) is 5.02 Å². The molecule has 1 aliphatic heterocycles. The van der Waals surface area contributed by atoms with E-state index in [1.165, 1.54) is 12.3 Å². The first-order valence-corrected chi connectivity index (χ1v) is 6.40. The number of aromatic nitrogens is 1. The van der Waals surface area contributed by atoms with Crippen molar-refractivity contribution in [2.75, 3.05) is 38.2 Å². The van der Waals surface area contributed by atoms with Crippen LogP contribution in [-0.4, -0.2) is 48.8 Å². The lowest BCUT2D eigenvalue weighted by molar-refractivity contribution is 0.0368. The van der Waals surface area contributed by atoms with Crippen LogP contribution < -0.4 is 5.32 Å². The van der Waals surface area contributed by atoms with Crippen LogP contribution in [0.25, 0.3) is 0 Å². The van der Waals surface area contributed by atoms with Gasteiger partial charge in [-0.25, -0.2) is 9.37 Å². The molecule has 6 heteroatoms. The van der Waals surface area contributed by atoms with Gasteiger partial charge in [0.2, 0.25) is 0 Å². The monoisotopic (exact) mass is 273 g/mol. The summed E-state index contributed by atoms with van der Waals surface area (Å²) in [5.41, 5.74) is 0. The maximum atomic E-state index is 13.5. The second-order valence-corrected chi connectivity index (χ2v) is 4.88. The highest BCUT2D eigenvalue weighted by Crippen LogP contribution is 2.16. The molecule has 0 aromatic carbocycles. The number of hydrogen-bond acceptors (Lipinski definition) is 4. The average molecular weight is 274 g/mol. The molecule has 1 unspecified atom stereocenters. The van der Waals surface area contributed by atoms with Gasteiger partial charge in [-0.3, -0.25) is 4.90 Å². The predicted molar refractivity (Wildman–Crippen MR) is 69.5 cm³/mol. The maximum absolute atomic E-state index is 13.5. The molecule has 1 N–H and O–H groups in total. The zero-order valence-corrected chi connectivity index (χ0v) is 11.1. The van der Waals surface area contributed by atoms with Crippen LogP contribution in [0.2, 0.25) is 5.02 Å². The highest BCUT2D eigenvalue weighted by Gasteiger charge is 2.15. The third-order valence-corrected chi connectivity index (χ3v) is 3.03. The fourth-order valence-corrected chi connectivity index (χ4v) is 2.12. The van der Waals surface area contributed by atoms with Gasteiger partial charge < -0.3 is 10.1 Å². The van der Waals surface area contributed by atoms with E-state index < -0.39 is 5.82 Å². The third kappa shape index (κ3) is 3.80. The van der Waals surface area contributed by atoms with Gasteiger partial charge in [0.1, 0.15) is 0 Å². The number of morpholine rings is 1. The number of hydrogen-bond donors (Lipinski definition) is 1. The molecular formula is C12H17ClFN3O. The molecule has 1 atom stereocenters. The molecule has 0 aliphatic carbocycles. The van der Waals surface area contributed by atoms with Crippen LogP contribution in [0.1, 0.15) is 6.92 Å². The second kappa shape index (κ2) is 6.31. The maximum Gasteiger partial charge on any atom is 0.166 e. The molecule has 0 bridgehead atoms. The zero-order valence-electron chi connectivity index (χ0n) is 10.3. The minimum Gasteiger partial charge on any atom is -0.379 e. The van der Waals surface area contributed by atoms with Gasteiger partial charge >= 0.3 is 0 Å². The summed E-state index contributed by atoms with van der Waals surface area (Å²) in [6.07, 6.45) is 1.44. The Morgan fingerprint density at radius 3 is 2.94 bits per heavy atom. The Hall–Kier alpha value is -0.910. The first-order chi connectivity index (χ1) is 8.65. The number of nitrogens with zero attached hydrogens (tertiary/aromatic N) is 2. The van der Waals surface area contributed by atoms with Crippen LogP contribution in [0.5, 0.6) is 0 Å². The highest BCUT2D eigenvalue weighted by molar-refractivity contribution is 6.30. The molecule has 0 saturated carbocycles. The van der Waals surface area contributed by atoms with E-state index in [9.17, 15) is 4.39 Å². The summed E-state index contributed by atoms with van der Waals surface area (Å²) >= 11 is 5.66. The Morgan fingerprint density at radius 2 is 2.28 bits per heavy atom. The van der Waals surface area contributed by atoms with Gasteiger partial charge in [-0.05, 0) is 13.0 Å². The Labute approximate surface area is 111 Å². The van der Waals surface area contributed by atoms with Crippen molar-refractivity contribution in [2.24, 2.45) is 0 Å². The quantitative estimate of drug-likeness (QED) is 0.911. The molecular weight excluding hydrogens is 257 g/mol. The van der Waals surface area contributed by atoms with Crippen molar-refractivity contribution in [3.05, 3.63) is 23.1 Å². The van der Waals surface area contributed by atoms with Crippen molar-refractivity contribution in [1.29, 1.82) is 0 Å². The average Bonchev–Trinajstić information content (AvgIpc) is 2.34. The van der Waals surface area contributed by atoms with Crippen LogP contribution >= 0.6 is 11.6 Å². The molecule has 1 saturated heterocycles. The van der Waals surface area contributed by atoms with Gasteiger partial charge in [-0.15, -0.1) is 0 Å². The molecule has 0 spiro atoms. The largest absolute Gasteiger partial charge is 0.379 e. The molecule has 4 nitrogen and oxygen atoms in total. The molecule has 1 aromatic rings. The minimum atomic E-state index is -0.420. The van der Waals surface area contributed by atoms with E-state index in [4.69, 9.17) is 16.3 Å². The minimum absolute atomic E-state index is 0.117. The lowest BCUT2D eigenvalue weighted by atomic mass is 10.3. The first kappa shape index (κ1) is 13.5. The fourth-order valence-electron chi connectivity index (χ4n) is 1.97. The Balaban J connectivity index is 1.87. The summed E-state index contributed by atoms with van der Waals surface area (Å²) in [7, 11) is 0. The summed E-state index contributed by atoms with van der Waals surface area (Å²) in [6, 6.07) is 1.38. The van der Waals surface area contributed by atoms with E-state index in [2.05, 4.69) is 15.2 Å². The SMILES string of the molecule is CC(CN1CCOCC1)Nc1ncc(Cl)cc1F. The topological polar surface area (TPSA) is 37.4 Å². The number of ether oxygens (including phenoxy) is 1. The fraction of sp³-hybridized carbons (Fsp3) is 0.583. The van der Waals surface area contributed by atoms with Gasteiger partial charge in [-0.1, -0.05) is 11.6 Å². The molecule has 0 radical (unpaired) electrons. The Kier molecular flexibility index (Phi) is 4.74. The van der Waals surface area contributed by atoms with Crippen LogP contribution in [-0.2, 0) is 4.74 Å². The molecule has 2 rings (SSSR count). The molecule has 100 valence electrons. The molecule has 1 aliphatic rings. The van der Waals surface area contributed by atoms with E-state index in [-0.39, 0.29) is 11.9 Å². The lowest BCUT2D eigenvalue weighted by Crippen LogP contribution is -2.42. The lowest BCUT2D eigenvalue weighted by Gasteiger charge is -2.29. The summed E-state index contributed by atoms with van der Waals surface area (Å²) in [5, 5.41) is 3.36. The molecule has 18 heavy (non-hydrogen) atoms. The molecule has 1 aromatic heterocycles. The van der Waals surface area contributed by atoms with Gasteiger partial charge in [0, 0.05) is 31.9 Å². The number of pyridine rings is 1. The van der Waals surface area contributed by atoms with Crippen molar-refractivity contribution in [3.63, 3.8) is 0 Å². The summed E-state index contributed by atoms with van der Waals surface area (Å²) in [4.78, 5) is 6.24. The van der Waals surface area contributed by atoms with Crippen LogP contribution in [0, 0.1) is 5.82 Å². The van der Waals surface area contributed by atoms with E-state index in [0.717, 1.165) is 32.8 Å². The normalized spacial score (nSPS) is 18.6. The zero-order chi connectivity index (χ0) is 13.0. The standard InChI is InChI=1S/C12H17ClFN3O/c1-9(8-17-2-4-18-5-3-17)16-12-11(14)6-10(13)7-15-12/h6-7,9H,2-5,8H2,1H3,(H,15,16). The van der Waals surface area contributed by atoms with Crippen LogP contribution in [0.4, 0.5) is 10.2 Å². The summed E-state index contributed by atoms with van der Waals surface area (Å²) < 4.78 is 18.8. The van der Waals surface area contributed by atoms with Crippen molar-refractivity contribution < 1.29 is 9.13 Å². The number of anilines is 1. The van der Waals surface area contributed by atoms with Crippen molar-refractivity contribution >= 4 is 17.4 Å². The first-order valence-electron chi connectivity index (χ1n) is 6.03. The van der Waals surface area contributed by atoms with E-state index in [1.54, 1.807) is 0 Å². The molecule has 2 heterocycles. The van der Waals surface area contributed by atoms with Crippen LogP contribution in [0.3, 0.4) is 0 Å². The van der Waals surface area contributed by atoms with Crippen molar-refractivity contribution in [1.82, 2.24) is 9.88 Å². The Morgan fingerprint density at radius 1 is 1.56 bits per heavy atom. The second-order valence-electron chi connectivity index (χ2n) is 4.44. The predicted octanol–water partition coefficient (Wildman–Crippen LogP) is 2.01. The van der Waals surface area contributed by atoms with Gasteiger partial charge in [0.25, 0.3) is 0 Å². The highest BCUT2D eigenvalue weighted by atomic mass is 35.5. The van der Waals surface area contributed by atoms with E-state index in [1.807, 2.05) is 6.92 Å². The van der Waals surface area contributed by atoms with Gasteiger partial charge in [-0.2, -0.15) is 0 Å². The molecule has 0 amide bonds. The number of nitrogens with one attached hydrogen (secondary N) is 1. The van der Waals surface area contributed by atoms with E-state index >= 15 is 0 Å². The van der Waals surface area contributed by atoms with Crippen molar-refractivity contribution in [2.45, 2.75) is 13.0 Å². The van der Waals surface area contributed by atoms with Gasteiger partial charge in [0.15, 0.2) is 11.6 Å². The smallest absolute Gasteiger partial charge is 0.166 e.